The van der Waals surface area contributed by atoms with Gasteiger partial charge in [-0.15, -0.1) is 0 Å². The molecule has 1 heterocycles. The van der Waals surface area contributed by atoms with Crippen molar-refractivity contribution in [1.82, 2.24) is 10.2 Å². The number of piperazine rings is 1. The predicted molar refractivity (Wildman–Crippen MR) is 71.0 cm³/mol. The van der Waals surface area contributed by atoms with Crippen molar-refractivity contribution in [2.24, 2.45) is 0 Å². The number of nitrogens with zero attached hydrogens (tertiary/aromatic N) is 1. The second-order valence-electron chi connectivity index (χ2n) is 5.01. The molecule has 21 heavy (non-hydrogen) atoms. The van der Waals surface area contributed by atoms with Gasteiger partial charge in [-0.2, -0.15) is 13.2 Å². The maximum atomic E-state index is 12.4. The molecule has 1 aliphatic heterocycles. The number of halogens is 3. The molecule has 1 fully saturated rings. The number of alkyl halides is 3. The van der Waals surface area contributed by atoms with Crippen LogP contribution in [0.15, 0.2) is 24.3 Å². The van der Waals surface area contributed by atoms with Gasteiger partial charge < -0.3 is 15.0 Å². The molecule has 2 rings (SSSR count). The number of hydrogen-bond donors (Lipinski definition) is 1. The summed E-state index contributed by atoms with van der Waals surface area (Å²) in [5.41, 5.74) is -0.739. The highest BCUT2D eigenvalue weighted by Gasteiger charge is 2.30. The fourth-order valence-electron chi connectivity index (χ4n) is 2.14. The van der Waals surface area contributed by atoms with Crippen molar-refractivity contribution in [2.75, 3.05) is 26.2 Å². The highest BCUT2D eigenvalue weighted by atomic mass is 19.4. The second kappa shape index (κ2) is 6.34. The lowest BCUT2D eigenvalue weighted by molar-refractivity contribution is -0.138. The lowest BCUT2D eigenvalue weighted by Crippen LogP contribution is -2.52. The highest BCUT2D eigenvalue weighted by Crippen LogP contribution is 2.30. The molecule has 0 aliphatic carbocycles. The molecule has 116 valence electrons. The summed E-state index contributed by atoms with van der Waals surface area (Å²) in [4.78, 5) is 13.6. The molecule has 1 aromatic rings. The van der Waals surface area contributed by atoms with Gasteiger partial charge >= 0.3 is 6.18 Å². The van der Waals surface area contributed by atoms with Crippen molar-refractivity contribution < 1.29 is 22.7 Å². The van der Waals surface area contributed by atoms with Crippen LogP contribution in [-0.2, 0) is 11.0 Å². The Morgan fingerprint density at radius 2 is 2.05 bits per heavy atom. The fraction of sp³-hybridized carbons (Fsp3) is 0.500. The van der Waals surface area contributed by atoms with Crippen molar-refractivity contribution in [3.63, 3.8) is 0 Å². The first-order chi connectivity index (χ1) is 9.86. The van der Waals surface area contributed by atoms with Crippen LogP contribution in [0, 0.1) is 0 Å². The Hall–Kier alpha value is -1.76. The largest absolute Gasteiger partial charge is 0.484 e. The van der Waals surface area contributed by atoms with Gasteiger partial charge in [0, 0.05) is 25.7 Å². The van der Waals surface area contributed by atoms with Crippen LogP contribution in [0.25, 0.3) is 0 Å². The molecule has 1 saturated heterocycles. The summed E-state index contributed by atoms with van der Waals surface area (Å²) >= 11 is 0. The molecule has 0 radical (unpaired) electrons. The summed E-state index contributed by atoms with van der Waals surface area (Å²) in [5.74, 6) is 0.0859. The van der Waals surface area contributed by atoms with E-state index in [9.17, 15) is 18.0 Å². The zero-order valence-electron chi connectivity index (χ0n) is 11.6. The summed E-state index contributed by atoms with van der Waals surface area (Å²) < 4.78 is 42.5. The molecule has 0 spiro atoms. The third-order valence-corrected chi connectivity index (χ3v) is 3.27. The molecule has 1 aromatic carbocycles. The van der Waals surface area contributed by atoms with Crippen LogP contribution < -0.4 is 10.1 Å². The number of nitrogens with one attached hydrogen (secondary N) is 1. The maximum absolute atomic E-state index is 12.4. The average Bonchev–Trinajstić information content (AvgIpc) is 2.44. The normalized spacial score (nSPS) is 19.4. The van der Waals surface area contributed by atoms with Crippen LogP contribution in [0.5, 0.6) is 5.75 Å². The van der Waals surface area contributed by atoms with Crippen LogP contribution in [-0.4, -0.2) is 43.1 Å². The van der Waals surface area contributed by atoms with E-state index in [0.29, 0.717) is 13.1 Å². The van der Waals surface area contributed by atoms with Crippen molar-refractivity contribution in [2.45, 2.75) is 19.1 Å². The Morgan fingerprint density at radius 1 is 1.38 bits per heavy atom. The van der Waals surface area contributed by atoms with Crippen LogP contribution in [0.3, 0.4) is 0 Å². The van der Waals surface area contributed by atoms with Crippen LogP contribution in [0.2, 0.25) is 0 Å². The van der Waals surface area contributed by atoms with Crippen molar-refractivity contribution >= 4 is 5.91 Å². The minimum atomic E-state index is -4.37. The molecule has 1 amide bonds. The van der Waals surface area contributed by atoms with E-state index in [1.165, 1.54) is 12.1 Å². The van der Waals surface area contributed by atoms with E-state index in [1.807, 2.05) is 6.92 Å². The van der Waals surface area contributed by atoms with Gasteiger partial charge in [0.1, 0.15) is 5.75 Å². The minimum absolute atomic E-state index is 0.164. The lowest BCUT2D eigenvalue weighted by atomic mass is 10.2. The first kappa shape index (κ1) is 15.6. The van der Waals surface area contributed by atoms with Gasteiger partial charge in [0.25, 0.3) is 5.91 Å². The number of ether oxygens (including phenoxy) is 1. The highest BCUT2D eigenvalue weighted by molar-refractivity contribution is 5.78. The first-order valence-electron chi connectivity index (χ1n) is 6.67. The van der Waals surface area contributed by atoms with Crippen molar-refractivity contribution in [3.05, 3.63) is 29.8 Å². The van der Waals surface area contributed by atoms with Gasteiger partial charge in [-0.05, 0) is 31.2 Å². The Bertz CT molecular complexity index is 488. The summed E-state index contributed by atoms with van der Waals surface area (Å²) in [6.07, 6.45) is -4.37. The zero-order chi connectivity index (χ0) is 15.5. The van der Waals surface area contributed by atoms with Gasteiger partial charge in [0.15, 0.2) is 6.61 Å². The molecule has 1 N–H and O–H groups in total. The van der Waals surface area contributed by atoms with Gasteiger partial charge in [-0.1, -0.05) is 0 Å². The number of amides is 1. The molecule has 1 aliphatic rings. The van der Waals surface area contributed by atoms with E-state index in [2.05, 4.69) is 5.32 Å². The van der Waals surface area contributed by atoms with E-state index in [1.54, 1.807) is 4.90 Å². The van der Waals surface area contributed by atoms with Crippen molar-refractivity contribution in [3.8, 4) is 5.75 Å². The third-order valence-electron chi connectivity index (χ3n) is 3.27. The quantitative estimate of drug-likeness (QED) is 0.927. The van der Waals surface area contributed by atoms with Gasteiger partial charge in [0.05, 0.1) is 5.56 Å². The molecule has 1 atom stereocenters. The molecule has 4 nitrogen and oxygen atoms in total. The molecular formula is C14H17F3N2O2. The number of rotatable bonds is 3. The SMILES string of the molecule is CC1CN(C(=O)COc2ccc(C(F)(F)F)cc2)CCN1. The molecular weight excluding hydrogens is 285 g/mol. The summed E-state index contributed by atoms with van der Waals surface area (Å²) in [5, 5.41) is 3.22. The molecule has 0 bridgehead atoms. The fourth-order valence-corrected chi connectivity index (χ4v) is 2.14. The second-order valence-corrected chi connectivity index (χ2v) is 5.01. The van der Waals surface area contributed by atoms with Crippen LogP contribution in [0.4, 0.5) is 13.2 Å². The summed E-state index contributed by atoms with van der Waals surface area (Å²) in [6.45, 7) is 3.76. The lowest BCUT2D eigenvalue weighted by Gasteiger charge is -2.31. The number of hydrogen-bond acceptors (Lipinski definition) is 3. The van der Waals surface area contributed by atoms with Crippen LogP contribution >= 0.6 is 0 Å². The Balaban J connectivity index is 1.86. The Kier molecular flexibility index (Phi) is 4.72. The van der Waals surface area contributed by atoms with Crippen LogP contribution in [0.1, 0.15) is 12.5 Å². The summed E-state index contributed by atoms with van der Waals surface area (Å²) in [6, 6.07) is 4.54. The molecule has 0 aromatic heterocycles. The standard InChI is InChI=1S/C14H17F3N2O2/c1-10-8-19(7-6-18-10)13(20)9-21-12-4-2-11(3-5-12)14(15,16)17/h2-5,10,18H,6-9H2,1H3. The van der Waals surface area contributed by atoms with Gasteiger partial charge in [-0.3, -0.25) is 4.79 Å². The number of benzene rings is 1. The molecule has 0 saturated carbocycles. The van der Waals surface area contributed by atoms with E-state index in [0.717, 1.165) is 18.7 Å². The van der Waals surface area contributed by atoms with Crippen molar-refractivity contribution in [1.29, 1.82) is 0 Å². The van der Waals surface area contributed by atoms with Gasteiger partial charge in [-0.25, -0.2) is 0 Å². The Labute approximate surface area is 120 Å². The van der Waals surface area contributed by atoms with E-state index >= 15 is 0 Å². The predicted octanol–water partition coefficient (Wildman–Crippen LogP) is 1.90. The zero-order valence-corrected chi connectivity index (χ0v) is 11.6. The smallest absolute Gasteiger partial charge is 0.416 e. The number of carbonyl (C=O) groups is 1. The van der Waals surface area contributed by atoms with E-state index in [4.69, 9.17) is 4.74 Å². The van der Waals surface area contributed by atoms with Gasteiger partial charge in [0.2, 0.25) is 0 Å². The third kappa shape index (κ3) is 4.35. The van der Waals surface area contributed by atoms with E-state index < -0.39 is 11.7 Å². The molecule has 7 heteroatoms. The van der Waals surface area contributed by atoms with E-state index in [-0.39, 0.29) is 24.3 Å². The average molecular weight is 302 g/mol. The number of carbonyl (C=O) groups excluding carboxylic acids is 1. The maximum Gasteiger partial charge on any atom is 0.416 e. The topological polar surface area (TPSA) is 41.6 Å². The first-order valence-corrected chi connectivity index (χ1v) is 6.67. The Morgan fingerprint density at radius 3 is 2.62 bits per heavy atom. The minimum Gasteiger partial charge on any atom is -0.484 e. The monoisotopic (exact) mass is 302 g/mol. The molecule has 1 unspecified atom stereocenters. The summed E-state index contributed by atoms with van der Waals surface area (Å²) in [7, 11) is 0.